The first kappa shape index (κ1) is 8.49. The molecule has 0 spiro atoms. The molecule has 0 amide bonds. The first-order valence-corrected chi connectivity index (χ1v) is 4.03. The van der Waals surface area contributed by atoms with Crippen LogP contribution in [-0.2, 0) is 6.54 Å². The van der Waals surface area contributed by atoms with Crippen molar-refractivity contribution in [1.82, 2.24) is 15.1 Å². The van der Waals surface area contributed by atoms with Crippen LogP contribution in [0, 0.1) is 0 Å². The zero-order valence-corrected chi connectivity index (χ0v) is 7.23. The van der Waals surface area contributed by atoms with E-state index in [-0.39, 0.29) is 11.4 Å². The van der Waals surface area contributed by atoms with Gasteiger partial charge in [0.2, 0.25) is 0 Å². The van der Waals surface area contributed by atoms with E-state index >= 15 is 0 Å². The highest BCUT2D eigenvalue weighted by Crippen LogP contribution is 1.97. The summed E-state index contributed by atoms with van der Waals surface area (Å²) in [4.78, 5) is 17.5. The molecule has 6 heteroatoms. The largest absolute Gasteiger partial charge is 0.364 e. The molecule has 2 aromatic rings. The van der Waals surface area contributed by atoms with Gasteiger partial charge in [0.25, 0.3) is 5.56 Å². The summed E-state index contributed by atoms with van der Waals surface area (Å²) in [6, 6.07) is 1.71. The zero-order valence-electron chi connectivity index (χ0n) is 7.23. The van der Waals surface area contributed by atoms with Gasteiger partial charge < -0.3 is 14.8 Å². The maximum atomic E-state index is 11.2. The number of anilines is 1. The normalized spacial score (nSPS) is 10.0. The molecule has 0 saturated carbocycles. The number of nitrogens with zero attached hydrogens (tertiary/aromatic N) is 2. The van der Waals surface area contributed by atoms with E-state index in [0.717, 1.165) is 5.69 Å². The van der Waals surface area contributed by atoms with E-state index in [1.54, 1.807) is 6.07 Å². The van der Waals surface area contributed by atoms with Crippen LogP contribution in [0.2, 0.25) is 0 Å². The summed E-state index contributed by atoms with van der Waals surface area (Å²) in [7, 11) is 0. The van der Waals surface area contributed by atoms with Gasteiger partial charge in [0.1, 0.15) is 12.0 Å². The van der Waals surface area contributed by atoms with Gasteiger partial charge in [-0.2, -0.15) is 0 Å². The van der Waals surface area contributed by atoms with Crippen LogP contribution in [0.4, 0.5) is 5.82 Å². The molecule has 0 bridgehead atoms. The Morgan fingerprint density at radius 3 is 3.21 bits per heavy atom. The molecule has 14 heavy (non-hydrogen) atoms. The fraction of sp³-hybridized carbons (Fsp3) is 0.125. The second-order valence-electron chi connectivity index (χ2n) is 2.61. The predicted molar refractivity (Wildman–Crippen MR) is 48.7 cm³/mol. The van der Waals surface area contributed by atoms with Gasteiger partial charge in [0, 0.05) is 18.5 Å². The molecule has 0 aromatic carbocycles. The molecule has 0 unspecified atom stereocenters. The maximum absolute atomic E-state index is 11.2. The van der Waals surface area contributed by atoms with Gasteiger partial charge in [-0.3, -0.25) is 4.79 Å². The lowest BCUT2D eigenvalue weighted by atomic mass is 10.4. The van der Waals surface area contributed by atoms with Crippen LogP contribution < -0.4 is 10.9 Å². The average Bonchev–Trinajstić information content (AvgIpc) is 2.69. The SMILES string of the molecule is O=c1[nH]ccnc1NCc1ccon1. The van der Waals surface area contributed by atoms with E-state index < -0.39 is 0 Å². The number of nitrogens with one attached hydrogen (secondary N) is 2. The Morgan fingerprint density at radius 1 is 1.57 bits per heavy atom. The number of hydrogen-bond donors (Lipinski definition) is 2. The molecule has 0 radical (unpaired) electrons. The summed E-state index contributed by atoms with van der Waals surface area (Å²) in [6.45, 7) is 0.413. The average molecular weight is 192 g/mol. The van der Waals surface area contributed by atoms with Gasteiger partial charge in [-0.1, -0.05) is 5.16 Å². The van der Waals surface area contributed by atoms with Gasteiger partial charge in [-0.15, -0.1) is 0 Å². The van der Waals surface area contributed by atoms with Gasteiger partial charge >= 0.3 is 0 Å². The lowest BCUT2D eigenvalue weighted by molar-refractivity contribution is 0.412. The number of hydrogen-bond acceptors (Lipinski definition) is 5. The standard InChI is InChI=1S/C8H8N4O2/c13-8-7(9-2-3-10-8)11-5-6-1-4-14-12-6/h1-4H,5H2,(H,9,11)(H,10,13). The number of aromatic nitrogens is 3. The van der Waals surface area contributed by atoms with Crippen molar-refractivity contribution in [2.45, 2.75) is 6.54 Å². The minimum absolute atomic E-state index is 0.254. The Balaban J connectivity index is 2.06. The van der Waals surface area contributed by atoms with Crippen LogP contribution in [0.25, 0.3) is 0 Å². The van der Waals surface area contributed by atoms with E-state index in [1.165, 1.54) is 18.7 Å². The van der Waals surface area contributed by atoms with Crippen molar-refractivity contribution in [3.05, 3.63) is 40.8 Å². The lowest BCUT2D eigenvalue weighted by Crippen LogP contribution is -2.15. The van der Waals surface area contributed by atoms with Crippen LogP contribution in [0.1, 0.15) is 5.69 Å². The monoisotopic (exact) mass is 192 g/mol. The Hall–Kier alpha value is -2.11. The minimum Gasteiger partial charge on any atom is -0.364 e. The summed E-state index contributed by atoms with van der Waals surface area (Å²) in [6.07, 6.45) is 4.45. The minimum atomic E-state index is -0.254. The van der Waals surface area contributed by atoms with Crippen molar-refractivity contribution in [2.24, 2.45) is 0 Å². The summed E-state index contributed by atoms with van der Waals surface area (Å²) >= 11 is 0. The predicted octanol–water partition coefficient (Wildman–Crippen LogP) is 0.370. The molecule has 0 saturated heterocycles. The van der Waals surface area contributed by atoms with Gasteiger partial charge in [-0.25, -0.2) is 4.98 Å². The molecule has 2 N–H and O–H groups in total. The summed E-state index contributed by atoms with van der Waals surface area (Å²) in [5.74, 6) is 0.274. The van der Waals surface area contributed by atoms with Crippen molar-refractivity contribution >= 4 is 5.82 Å². The van der Waals surface area contributed by atoms with Crippen molar-refractivity contribution in [3.63, 3.8) is 0 Å². The zero-order chi connectivity index (χ0) is 9.80. The van der Waals surface area contributed by atoms with Crippen LogP contribution >= 0.6 is 0 Å². The summed E-state index contributed by atoms with van der Waals surface area (Å²) in [5.41, 5.74) is 0.464. The van der Waals surface area contributed by atoms with Gasteiger partial charge in [0.05, 0.1) is 6.54 Å². The van der Waals surface area contributed by atoms with Crippen molar-refractivity contribution in [2.75, 3.05) is 5.32 Å². The summed E-state index contributed by atoms with van der Waals surface area (Å²) in [5, 5.41) is 6.52. The fourth-order valence-electron chi connectivity index (χ4n) is 0.981. The molecule has 6 nitrogen and oxygen atoms in total. The summed E-state index contributed by atoms with van der Waals surface area (Å²) < 4.78 is 4.64. The fourth-order valence-corrected chi connectivity index (χ4v) is 0.981. The number of H-pyrrole nitrogens is 1. The highest BCUT2D eigenvalue weighted by Gasteiger charge is 2.00. The first-order chi connectivity index (χ1) is 6.86. The smallest absolute Gasteiger partial charge is 0.290 e. The molecule has 2 aromatic heterocycles. The van der Waals surface area contributed by atoms with Crippen LogP contribution in [-0.4, -0.2) is 15.1 Å². The van der Waals surface area contributed by atoms with Crippen LogP contribution in [0.3, 0.4) is 0 Å². The topological polar surface area (TPSA) is 83.8 Å². The third kappa shape index (κ3) is 1.79. The Labute approximate surface area is 79.0 Å². The van der Waals surface area contributed by atoms with Crippen molar-refractivity contribution in [1.29, 1.82) is 0 Å². The number of rotatable bonds is 3. The second kappa shape index (κ2) is 3.73. The Bertz CT molecular complexity index is 448. The lowest BCUT2D eigenvalue weighted by Gasteiger charge is -1.99. The van der Waals surface area contributed by atoms with E-state index in [1.807, 2.05) is 0 Å². The molecule has 72 valence electrons. The quantitative estimate of drug-likeness (QED) is 0.734. The molecular weight excluding hydrogens is 184 g/mol. The molecule has 0 aliphatic heterocycles. The maximum Gasteiger partial charge on any atom is 0.290 e. The van der Waals surface area contributed by atoms with E-state index in [2.05, 4.69) is 25.0 Å². The van der Waals surface area contributed by atoms with Crippen LogP contribution in [0.15, 0.2) is 34.0 Å². The van der Waals surface area contributed by atoms with Crippen molar-refractivity contribution < 1.29 is 4.52 Å². The molecule has 2 heterocycles. The third-order valence-electron chi connectivity index (χ3n) is 1.64. The molecule has 0 atom stereocenters. The van der Waals surface area contributed by atoms with Gasteiger partial charge in [-0.05, 0) is 0 Å². The van der Waals surface area contributed by atoms with Crippen LogP contribution in [0.5, 0.6) is 0 Å². The van der Waals surface area contributed by atoms with E-state index in [0.29, 0.717) is 6.54 Å². The molecule has 0 fully saturated rings. The third-order valence-corrected chi connectivity index (χ3v) is 1.64. The van der Waals surface area contributed by atoms with E-state index in [4.69, 9.17) is 0 Å². The number of aromatic amines is 1. The van der Waals surface area contributed by atoms with Crippen molar-refractivity contribution in [3.8, 4) is 0 Å². The second-order valence-corrected chi connectivity index (χ2v) is 2.61. The Kier molecular flexibility index (Phi) is 2.26. The van der Waals surface area contributed by atoms with E-state index in [9.17, 15) is 4.79 Å². The first-order valence-electron chi connectivity index (χ1n) is 4.03. The molecule has 0 aliphatic carbocycles. The molecule has 2 rings (SSSR count). The highest BCUT2D eigenvalue weighted by molar-refractivity contribution is 5.30. The molecular formula is C8H8N4O2. The highest BCUT2D eigenvalue weighted by atomic mass is 16.5. The van der Waals surface area contributed by atoms with Gasteiger partial charge in [0.15, 0.2) is 5.82 Å². The molecule has 0 aliphatic rings. The Morgan fingerprint density at radius 2 is 2.50 bits per heavy atom.